The summed E-state index contributed by atoms with van der Waals surface area (Å²) in [5, 5.41) is 0. The molecule has 2 atom stereocenters. The Morgan fingerprint density at radius 3 is 2.57 bits per heavy atom. The summed E-state index contributed by atoms with van der Waals surface area (Å²) >= 11 is 1.99. The van der Waals surface area contributed by atoms with E-state index in [1.807, 2.05) is 11.3 Å². The van der Waals surface area contributed by atoms with Gasteiger partial charge in [0.05, 0.1) is 0 Å². The molecule has 1 aliphatic heterocycles. The largest absolute Gasteiger partial charge is 0.296 e. The second-order valence-electron chi connectivity index (χ2n) is 4.52. The van der Waals surface area contributed by atoms with Crippen LogP contribution in [-0.2, 0) is 6.42 Å². The summed E-state index contributed by atoms with van der Waals surface area (Å²) < 4.78 is 0. The lowest BCUT2D eigenvalue weighted by molar-refractivity contribution is 0.183. The van der Waals surface area contributed by atoms with Crippen LogP contribution >= 0.6 is 11.3 Å². The van der Waals surface area contributed by atoms with Crippen molar-refractivity contribution >= 4 is 11.3 Å². The molecule has 1 aromatic rings. The van der Waals surface area contributed by atoms with Crippen LogP contribution in [0.1, 0.15) is 40.8 Å². The fourth-order valence-corrected chi connectivity index (χ4v) is 3.60. The van der Waals surface area contributed by atoms with E-state index in [9.17, 15) is 0 Å². The molecule has 2 unspecified atom stereocenters. The van der Waals surface area contributed by atoms with Gasteiger partial charge in [0.25, 0.3) is 0 Å². The number of rotatable bonds is 0. The molecule has 2 rings (SSSR count). The molecule has 0 radical (unpaired) electrons. The molecule has 0 N–H and O–H groups in total. The van der Waals surface area contributed by atoms with Crippen LogP contribution in [0.2, 0.25) is 0 Å². The van der Waals surface area contributed by atoms with Crippen LogP contribution in [0.5, 0.6) is 0 Å². The van der Waals surface area contributed by atoms with Crippen molar-refractivity contribution in [1.29, 1.82) is 0 Å². The summed E-state index contributed by atoms with van der Waals surface area (Å²) in [6, 6.07) is 1.29. The van der Waals surface area contributed by atoms with E-state index < -0.39 is 0 Å². The minimum atomic E-state index is 0.603. The van der Waals surface area contributed by atoms with Gasteiger partial charge in [-0.3, -0.25) is 4.90 Å². The van der Waals surface area contributed by atoms with Gasteiger partial charge in [-0.05, 0) is 52.3 Å². The van der Waals surface area contributed by atoms with Crippen molar-refractivity contribution in [2.24, 2.45) is 0 Å². The van der Waals surface area contributed by atoms with Crippen molar-refractivity contribution in [2.75, 3.05) is 7.05 Å². The minimum Gasteiger partial charge on any atom is -0.296 e. The molecule has 1 aromatic heterocycles. The molecule has 0 fully saturated rings. The SMILES string of the molecule is Cc1sc2c(c1C)CC(C)N(C)C2C. The Balaban J connectivity index is 2.50. The number of thiophene rings is 1. The molecule has 0 aromatic carbocycles. The average Bonchev–Trinajstić information content (AvgIpc) is 2.42. The van der Waals surface area contributed by atoms with E-state index in [2.05, 4.69) is 39.6 Å². The Bertz CT molecular complexity index is 353. The molecular weight excluding hydrogens is 190 g/mol. The molecule has 78 valence electrons. The lowest BCUT2D eigenvalue weighted by Crippen LogP contribution is -2.37. The van der Waals surface area contributed by atoms with Crippen LogP contribution in [0, 0.1) is 13.8 Å². The van der Waals surface area contributed by atoms with Gasteiger partial charge in [-0.2, -0.15) is 0 Å². The number of fused-ring (bicyclic) bond motifs is 1. The summed E-state index contributed by atoms with van der Waals surface area (Å²) in [6.07, 6.45) is 1.23. The van der Waals surface area contributed by atoms with E-state index in [1.54, 1.807) is 10.4 Å². The van der Waals surface area contributed by atoms with Gasteiger partial charge in [-0.15, -0.1) is 11.3 Å². The monoisotopic (exact) mass is 209 g/mol. The Hall–Kier alpha value is -0.340. The lowest BCUT2D eigenvalue weighted by atomic mass is 9.94. The third-order valence-electron chi connectivity index (χ3n) is 3.73. The van der Waals surface area contributed by atoms with Crippen molar-refractivity contribution in [3.63, 3.8) is 0 Å². The second-order valence-corrected chi connectivity index (χ2v) is 5.78. The van der Waals surface area contributed by atoms with Gasteiger partial charge < -0.3 is 0 Å². The van der Waals surface area contributed by atoms with Crippen LogP contribution in [-0.4, -0.2) is 18.0 Å². The standard InChI is InChI=1S/C12H19NS/c1-7-6-11-8(2)10(4)14-12(11)9(3)13(7)5/h7,9H,6H2,1-5H3. The van der Waals surface area contributed by atoms with Crippen molar-refractivity contribution < 1.29 is 0 Å². The first-order valence-corrected chi connectivity index (χ1v) is 6.14. The van der Waals surface area contributed by atoms with Crippen molar-refractivity contribution in [3.05, 3.63) is 20.9 Å². The van der Waals surface area contributed by atoms with Crippen LogP contribution in [0.25, 0.3) is 0 Å². The van der Waals surface area contributed by atoms with Crippen LogP contribution < -0.4 is 0 Å². The molecule has 14 heavy (non-hydrogen) atoms. The summed E-state index contributed by atoms with van der Waals surface area (Å²) in [6.45, 7) is 9.17. The fraction of sp³-hybridized carbons (Fsp3) is 0.667. The van der Waals surface area contributed by atoms with Crippen LogP contribution in [0.3, 0.4) is 0 Å². The minimum absolute atomic E-state index is 0.603. The molecule has 0 amide bonds. The van der Waals surface area contributed by atoms with Gasteiger partial charge in [0.2, 0.25) is 0 Å². The maximum atomic E-state index is 2.48. The molecular formula is C12H19NS. The Kier molecular flexibility index (Phi) is 2.44. The molecule has 0 saturated carbocycles. The summed E-state index contributed by atoms with van der Waals surface area (Å²) in [5.41, 5.74) is 3.17. The average molecular weight is 209 g/mol. The van der Waals surface area contributed by atoms with E-state index in [4.69, 9.17) is 0 Å². The topological polar surface area (TPSA) is 3.24 Å². The lowest BCUT2D eigenvalue weighted by Gasteiger charge is -2.36. The van der Waals surface area contributed by atoms with Gasteiger partial charge in [0, 0.05) is 21.8 Å². The molecule has 0 bridgehead atoms. The first-order valence-electron chi connectivity index (χ1n) is 5.33. The molecule has 1 aliphatic rings. The number of aryl methyl sites for hydroxylation is 1. The summed E-state index contributed by atoms with van der Waals surface area (Å²) in [5.74, 6) is 0. The summed E-state index contributed by atoms with van der Waals surface area (Å²) in [7, 11) is 2.24. The van der Waals surface area contributed by atoms with Gasteiger partial charge >= 0.3 is 0 Å². The van der Waals surface area contributed by atoms with Crippen molar-refractivity contribution in [1.82, 2.24) is 4.90 Å². The number of hydrogen-bond donors (Lipinski definition) is 0. The number of likely N-dealkylation sites (N-methyl/N-ethyl adjacent to an activating group) is 1. The van der Waals surface area contributed by atoms with E-state index >= 15 is 0 Å². The molecule has 0 saturated heterocycles. The van der Waals surface area contributed by atoms with Crippen LogP contribution in [0.15, 0.2) is 0 Å². The van der Waals surface area contributed by atoms with Crippen molar-refractivity contribution in [3.8, 4) is 0 Å². The highest BCUT2D eigenvalue weighted by Gasteiger charge is 2.29. The number of hydrogen-bond acceptors (Lipinski definition) is 2. The van der Waals surface area contributed by atoms with E-state index in [0.717, 1.165) is 0 Å². The smallest absolute Gasteiger partial charge is 0.0416 e. The van der Waals surface area contributed by atoms with Gasteiger partial charge in [0.15, 0.2) is 0 Å². The zero-order valence-electron chi connectivity index (χ0n) is 9.72. The zero-order chi connectivity index (χ0) is 10.5. The predicted octanol–water partition coefficient (Wildman–Crippen LogP) is 3.30. The van der Waals surface area contributed by atoms with Crippen molar-refractivity contribution in [2.45, 2.75) is 46.2 Å². The third-order valence-corrected chi connectivity index (χ3v) is 5.15. The Labute approximate surface area is 90.7 Å². The Morgan fingerprint density at radius 2 is 1.93 bits per heavy atom. The number of nitrogens with zero attached hydrogens (tertiary/aromatic N) is 1. The quantitative estimate of drug-likeness (QED) is 0.633. The Morgan fingerprint density at radius 1 is 1.29 bits per heavy atom. The molecule has 2 heterocycles. The predicted molar refractivity (Wildman–Crippen MR) is 63.1 cm³/mol. The third kappa shape index (κ3) is 1.32. The maximum Gasteiger partial charge on any atom is 0.0416 e. The molecule has 0 spiro atoms. The first-order chi connectivity index (χ1) is 6.52. The highest BCUT2D eigenvalue weighted by Crippen LogP contribution is 2.39. The molecule has 2 heteroatoms. The van der Waals surface area contributed by atoms with E-state index in [1.165, 1.54) is 16.9 Å². The van der Waals surface area contributed by atoms with E-state index in [0.29, 0.717) is 12.1 Å². The first kappa shape index (κ1) is 10.2. The molecule has 1 nitrogen and oxygen atoms in total. The molecule has 0 aliphatic carbocycles. The van der Waals surface area contributed by atoms with E-state index in [-0.39, 0.29) is 0 Å². The van der Waals surface area contributed by atoms with Gasteiger partial charge in [-0.1, -0.05) is 0 Å². The highest BCUT2D eigenvalue weighted by atomic mass is 32.1. The maximum absolute atomic E-state index is 2.48. The normalized spacial score (nSPS) is 27.8. The second kappa shape index (κ2) is 3.35. The fourth-order valence-electron chi connectivity index (χ4n) is 2.30. The van der Waals surface area contributed by atoms with Crippen LogP contribution in [0.4, 0.5) is 0 Å². The highest BCUT2D eigenvalue weighted by molar-refractivity contribution is 7.12. The zero-order valence-corrected chi connectivity index (χ0v) is 10.5. The van der Waals surface area contributed by atoms with Gasteiger partial charge in [0.1, 0.15) is 0 Å². The summed E-state index contributed by atoms with van der Waals surface area (Å²) in [4.78, 5) is 5.59. The van der Waals surface area contributed by atoms with Gasteiger partial charge in [-0.25, -0.2) is 0 Å².